The van der Waals surface area contributed by atoms with E-state index in [9.17, 15) is 9.18 Å². The smallest absolute Gasteiger partial charge is 0.169 e. The van der Waals surface area contributed by atoms with Crippen molar-refractivity contribution >= 4 is 6.29 Å². The van der Waals surface area contributed by atoms with E-state index in [1.807, 2.05) is 4.90 Å². The molecule has 1 aliphatic rings. The highest BCUT2D eigenvalue weighted by Crippen LogP contribution is 2.24. The van der Waals surface area contributed by atoms with Crippen molar-refractivity contribution in [1.29, 1.82) is 0 Å². The second kappa shape index (κ2) is 5.96. The average Bonchev–Trinajstić information content (AvgIpc) is 2.42. The van der Waals surface area contributed by atoms with Crippen molar-refractivity contribution in [2.45, 2.75) is 31.8 Å². The van der Waals surface area contributed by atoms with E-state index >= 15 is 0 Å². The summed E-state index contributed by atoms with van der Waals surface area (Å²) in [7, 11) is 1.46. The number of rotatable bonds is 4. The second-order valence-electron chi connectivity index (χ2n) is 4.60. The maximum absolute atomic E-state index is 14.0. The van der Waals surface area contributed by atoms with E-state index in [4.69, 9.17) is 4.74 Å². The largest absolute Gasteiger partial charge is 0.494 e. The maximum Gasteiger partial charge on any atom is 0.169 e. The Labute approximate surface area is 107 Å². The Kier molecular flexibility index (Phi) is 4.31. The minimum absolute atomic E-state index is 0.0793. The SMILES string of the molecule is COc1cccc(CN2CCCCC2C=O)c1F. The van der Waals surface area contributed by atoms with Crippen molar-refractivity contribution in [2.75, 3.05) is 13.7 Å². The van der Waals surface area contributed by atoms with Crippen molar-refractivity contribution in [2.24, 2.45) is 0 Å². The van der Waals surface area contributed by atoms with Gasteiger partial charge >= 0.3 is 0 Å². The van der Waals surface area contributed by atoms with Crippen LogP contribution in [0.3, 0.4) is 0 Å². The lowest BCUT2D eigenvalue weighted by Crippen LogP contribution is -2.40. The Balaban J connectivity index is 2.15. The van der Waals surface area contributed by atoms with Crippen LogP contribution in [0.1, 0.15) is 24.8 Å². The highest BCUT2D eigenvalue weighted by molar-refractivity contribution is 5.57. The lowest BCUT2D eigenvalue weighted by Gasteiger charge is -2.32. The van der Waals surface area contributed by atoms with Gasteiger partial charge in [0, 0.05) is 12.1 Å². The van der Waals surface area contributed by atoms with Crippen LogP contribution in [0, 0.1) is 5.82 Å². The van der Waals surface area contributed by atoms with E-state index in [1.54, 1.807) is 18.2 Å². The molecule has 0 aliphatic carbocycles. The summed E-state index contributed by atoms with van der Waals surface area (Å²) in [6, 6.07) is 5.04. The van der Waals surface area contributed by atoms with Gasteiger partial charge in [-0.1, -0.05) is 18.6 Å². The highest BCUT2D eigenvalue weighted by Gasteiger charge is 2.23. The number of piperidine rings is 1. The standard InChI is InChI=1S/C14H18FNO2/c1-18-13-7-4-5-11(14(13)15)9-16-8-3-2-6-12(16)10-17/h4-5,7,10,12H,2-3,6,8-9H2,1H3. The first kappa shape index (κ1) is 13.0. The molecule has 0 N–H and O–H groups in total. The predicted octanol–water partition coefficient (Wildman–Crippen LogP) is 2.39. The third-order valence-corrected chi connectivity index (χ3v) is 3.46. The zero-order valence-electron chi connectivity index (χ0n) is 10.6. The van der Waals surface area contributed by atoms with E-state index in [0.717, 1.165) is 32.1 Å². The van der Waals surface area contributed by atoms with Crippen molar-refractivity contribution in [3.8, 4) is 5.75 Å². The number of carbonyl (C=O) groups is 1. The van der Waals surface area contributed by atoms with Crippen molar-refractivity contribution in [3.05, 3.63) is 29.6 Å². The van der Waals surface area contributed by atoms with Gasteiger partial charge in [-0.2, -0.15) is 0 Å². The summed E-state index contributed by atoms with van der Waals surface area (Å²) in [6.07, 6.45) is 3.97. The quantitative estimate of drug-likeness (QED) is 0.769. The molecule has 0 spiro atoms. The van der Waals surface area contributed by atoms with Crippen LogP contribution < -0.4 is 4.74 Å². The molecule has 0 amide bonds. The van der Waals surface area contributed by atoms with Gasteiger partial charge in [0.25, 0.3) is 0 Å². The van der Waals surface area contributed by atoms with Gasteiger partial charge in [-0.05, 0) is 25.5 Å². The lowest BCUT2D eigenvalue weighted by atomic mass is 10.0. The monoisotopic (exact) mass is 251 g/mol. The zero-order valence-corrected chi connectivity index (χ0v) is 10.6. The Morgan fingerprint density at radius 3 is 3.06 bits per heavy atom. The number of ether oxygens (including phenoxy) is 1. The molecule has 3 nitrogen and oxygen atoms in total. The first-order valence-corrected chi connectivity index (χ1v) is 6.27. The minimum atomic E-state index is -0.324. The van der Waals surface area contributed by atoms with E-state index in [1.165, 1.54) is 7.11 Å². The van der Waals surface area contributed by atoms with Crippen molar-refractivity contribution in [3.63, 3.8) is 0 Å². The van der Waals surface area contributed by atoms with Crippen LogP contribution in [0.15, 0.2) is 18.2 Å². The number of carbonyl (C=O) groups excluding carboxylic acids is 1. The molecule has 1 aliphatic heterocycles. The van der Waals surface area contributed by atoms with Crippen LogP contribution in [0.2, 0.25) is 0 Å². The number of benzene rings is 1. The van der Waals surface area contributed by atoms with Crippen LogP contribution in [-0.4, -0.2) is 30.9 Å². The maximum atomic E-state index is 14.0. The summed E-state index contributed by atoms with van der Waals surface area (Å²) >= 11 is 0. The molecule has 1 fully saturated rings. The van der Waals surface area contributed by atoms with Gasteiger partial charge in [-0.25, -0.2) is 4.39 Å². The molecule has 0 saturated carbocycles. The average molecular weight is 251 g/mol. The molecule has 1 atom stereocenters. The van der Waals surface area contributed by atoms with Crippen LogP contribution in [-0.2, 0) is 11.3 Å². The molecule has 0 radical (unpaired) electrons. The van der Waals surface area contributed by atoms with Crippen LogP contribution in [0.5, 0.6) is 5.75 Å². The minimum Gasteiger partial charge on any atom is -0.494 e. The summed E-state index contributed by atoms with van der Waals surface area (Å²) in [4.78, 5) is 13.0. The summed E-state index contributed by atoms with van der Waals surface area (Å²) in [5, 5.41) is 0. The molecular formula is C14H18FNO2. The Hall–Kier alpha value is -1.42. The molecule has 1 aromatic carbocycles. The number of nitrogens with zero attached hydrogens (tertiary/aromatic N) is 1. The zero-order chi connectivity index (χ0) is 13.0. The fourth-order valence-corrected chi connectivity index (χ4v) is 2.42. The van der Waals surface area contributed by atoms with Gasteiger partial charge in [0.15, 0.2) is 11.6 Å². The molecule has 1 aromatic rings. The summed E-state index contributed by atoms with van der Waals surface area (Å²) in [5.74, 6) is -0.0672. The Morgan fingerprint density at radius 1 is 1.50 bits per heavy atom. The number of hydrogen-bond donors (Lipinski definition) is 0. The predicted molar refractivity (Wildman–Crippen MR) is 67.1 cm³/mol. The van der Waals surface area contributed by atoms with E-state index < -0.39 is 0 Å². The first-order chi connectivity index (χ1) is 8.76. The summed E-state index contributed by atoms with van der Waals surface area (Å²) in [6.45, 7) is 1.31. The molecule has 98 valence electrons. The van der Waals surface area contributed by atoms with Crippen LogP contribution in [0.25, 0.3) is 0 Å². The molecule has 1 saturated heterocycles. The Bertz CT molecular complexity index is 422. The molecule has 18 heavy (non-hydrogen) atoms. The summed E-state index contributed by atoms with van der Waals surface area (Å²) in [5.41, 5.74) is 0.586. The number of hydrogen-bond acceptors (Lipinski definition) is 3. The van der Waals surface area contributed by atoms with E-state index in [2.05, 4.69) is 0 Å². The Morgan fingerprint density at radius 2 is 2.33 bits per heavy atom. The van der Waals surface area contributed by atoms with Crippen molar-refractivity contribution in [1.82, 2.24) is 4.90 Å². The fourth-order valence-electron chi connectivity index (χ4n) is 2.42. The van der Waals surface area contributed by atoms with Gasteiger partial charge in [0.05, 0.1) is 13.2 Å². The molecular weight excluding hydrogens is 233 g/mol. The van der Waals surface area contributed by atoms with E-state index in [-0.39, 0.29) is 17.6 Å². The van der Waals surface area contributed by atoms with Gasteiger partial charge in [-0.3, -0.25) is 4.90 Å². The molecule has 0 bridgehead atoms. The van der Waals surface area contributed by atoms with Crippen LogP contribution in [0.4, 0.5) is 4.39 Å². The van der Waals surface area contributed by atoms with Gasteiger partial charge in [-0.15, -0.1) is 0 Å². The number of likely N-dealkylation sites (tertiary alicyclic amines) is 1. The highest BCUT2D eigenvalue weighted by atomic mass is 19.1. The van der Waals surface area contributed by atoms with Crippen molar-refractivity contribution < 1.29 is 13.9 Å². The molecule has 1 unspecified atom stereocenters. The molecule has 4 heteroatoms. The fraction of sp³-hybridized carbons (Fsp3) is 0.500. The molecule has 0 aromatic heterocycles. The van der Waals surface area contributed by atoms with Gasteiger partial charge in [0.1, 0.15) is 6.29 Å². The topological polar surface area (TPSA) is 29.5 Å². The van der Waals surface area contributed by atoms with Crippen LogP contribution >= 0.6 is 0 Å². The molecule has 2 rings (SSSR count). The number of aldehydes is 1. The van der Waals surface area contributed by atoms with E-state index in [0.29, 0.717) is 12.1 Å². The third kappa shape index (κ3) is 2.70. The second-order valence-corrected chi connectivity index (χ2v) is 4.60. The van der Waals surface area contributed by atoms with Gasteiger partial charge < -0.3 is 9.53 Å². The normalized spacial score (nSPS) is 20.7. The number of methoxy groups -OCH3 is 1. The van der Waals surface area contributed by atoms with Gasteiger partial charge in [0.2, 0.25) is 0 Å². The lowest BCUT2D eigenvalue weighted by molar-refractivity contribution is -0.113. The third-order valence-electron chi connectivity index (χ3n) is 3.46. The number of halogens is 1. The summed E-state index contributed by atoms with van der Waals surface area (Å²) < 4.78 is 19.0. The first-order valence-electron chi connectivity index (χ1n) is 6.27. The molecule has 1 heterocycles.